The topological polar surface area (TPSA) is 154 Å². The molecule has 0 aliphatic carbocycles. The molecule has 134 valence electrons. The molecular formula is C12H14N6O5S2. The molecule has 0 saturated carbocycles. The van der Waals surface area contributed by atoms with Crippen LogP contribution < -0.4 is 5.73 Å². The van der Waals surface area contributed by atoms with Gasteiger partial charge in [0.25, 0.3) is 5.91 Å². The summed E-state index contributed by atoms with van der Waals surface area (Å²) in [7, 11) is 1.31. The number of carboxylic acid groups (broad SMARTS) is 1. The molecule has 0 radical (unpaired) electrons. The lowest BCUT2D eigenvalue weighted by atomic mass is 10.00. The molecule has 1 amide bonds. The number of fused-ring (bicyclic) bond motifs is 1. The molecule has 3 N–H and O–H groups in total. The van der Waals surface area contributed by atoms with E-state index in [0.717, 1.165) is 21.3 Å². The van der Waals surface area contributed by atoms with Gasteiger partial charge in [0.1, 0.15) is 11.1 Å². The maximum Gasteiger partial charge on any atom is 0.352 e. The van der Waals surface area contributed by atoms with Crippen molar-refractivity contribution < 1.29 is 24.2 Å². The number of aliphatic carboxylic acids is 1. The van der Waals surface area contributed by atoms with Crippen molar-refractivity contribution in [2.75, 3.05) is 18.6 Å². The standard InChI is InChI=1S/C12H14N6O5S2/c1-5(19)18-11(14-15-16-18)25-4-6-3-24-10-12(13,23-2)9(22)17(10)7(6)8(20)21/h10H,3-4,13H2,1-2H3,(H,20,21)/t10-,12-/m0/s1. The molecule has 1 aromatic rings. The SMILES string of the molecule is CO[C@@]1(N)C(=O)N2C(C(=O)O)=C(CSc3nnnn3C(C)=O)CS[C@H]21. The quantitative estimate of drug-likeness (QED) is 0.276. The first kappa shape index (κ1) is 17.8. The summed E-state index contributed by atoms with van der Waals surface area (Å²) in [6, 6.07) is 0. The molecule has 0 spiro atoms. The molecule has 1 saturated heterocycles. The Labute approximate surface area is 149 Å². The zero-order valence-electron chi connectivity index (χ0n) is 13.2. The second-order valence-corrected chi connectivity index (χ2v) is 7.29. The van der Waals surface area contributed by atoms with E-state index in [4.69, 9.17) is 10.5 Å². The lowest BCUT2D eigenvalue weighted by molar-refractivity contribution is -0.182. The maximum atomic E-state index is 12.3. The zero-order chi connectivity index (χ0) is 18.4. The van der Waals surface area contributed by atoms with E-state index < -0.39 is 23.0 Å². The first-order valence-corrected chi connectivity index (χ1v) is 9.01. The molecule has 11 nitrogen and oxygen atoms in total. The van der Waals surface area contributed by atoms with Crippen LogP contribution in [0.5, 0.6) is 0 Å². The van der Waals surface area contributed by atoms with E-state index in [2.05, 4.69) is 15.5 Å². The number of nitrogens with two attached hydrogens (primary N) is 1. The second-order valence-electron chi connectivity index (χ2n) is 5.27. The highest BCUT2D eigenvalue weighted by Gasteiger charge is 2.63. The number of rotatable bonds is 5. The lowest BCUT2D eigenvalue weighted by Crippen LogP contribution is -2.78. The van der Waals surface area contributed by atoms with Crippen LogP contribution in [0.3, 0.4) is 0 Å². The Morgan fingerprint density at radius 2 is 2.28 bits per heavy atom. The minimum Gasteiger partial charge on any atom is -0.477 e. The number of carbonyl (C=O) groups excluding carboxylic acids is 2. The van der Waals surface area contributed by atoms with Crippen LogP contribution in [0, 0.1) is 0 Å². The van der Waals surface area contributed by atoms with E-state index in [1.165, 1.54) is 25.8 Å². The van der Waals surface area contributed by atoms with E-state index in [-0.39, 0.29) is 22.5 Å². The number of ether oxygens (including phenoxy) is 1. The van der Waals surface area contributed by atoms with Gasteiger partial charge in [-0.3, -0.25) is 20.2 Å². The van der Waals surface area contributed by atoms with Crippen LogP contribution >= 0.6 is 23.5 Å². The highest BCUT2D eigenvalue weighted by atomic mass is 32.2. The van der Waals surface area contributed by atoms with Gasteiger partial charge in [-0.2, -0.15) is 4.68 Å². The third-order valence-electron chi connectivity index (χ3n) is 3.80. The van der Waals surface area contributed by atoms with Crippen LogP contribution in [-0.2, 0) is 14.3 Å². The average Bonchev–Trinajstić information content (AvgIpc) is 3.06. The molecule has 3 heterocycles. The van der Waals surface area contributed by atoms with Gasteiger partial charge >= 0.3 is 5.97 Å². The molecule has 0 unspecified atom stereocenters. The number of amides is 1. The molecule has 2 aliphatic rings. The summed E-state index contributed by atoms with van der Waals surface area (Å²) in [5, 5.41) is 19.9. The summed E-state index contributed by atoms with van der Waals surface area (Å²) in [5.74, 6) is -1.61. The van der Waals surface area contributed by atoms with E-state index in [1.807, 2.05) is 0 Å². The van der Waals surface area contributed by atoms with Crippen molar-refractivity contribution in [2.45, 2.75) is 23.2 Å². The number of nitrogens with zero attached hydrogens (tertiary/aromatic N) is 5. The first-order chi connectivity index (χ1) is 11.8. The average molecular weight is 386 g/mol. The summed E-state index contributed by atoms with van der Waals surface area (Å²) in [4.78, 5) is 36.5. The predicted octanol–water partition coefficient (Wildman–Crippen LogP) is -1.02. The number of β-lactam (4-membered cyclic amide) rings is 1. The van der Waals surface area contributed by atoms with Crippen LogP contribution in [0.2, 0.25) is 0 Å². The number of hydrogen-bond acceptors (Lipinski definition) is 10. The summed E-state index contributed by atoms with van der Waals surface area (Å²) in [5.41, 5.74) is 4.79. The Kier molecular flexibility index (Phi) is 4.57. The fourth-order valence-electron chi connectivity index (χ4n) is 2.53. The maximum absolute atomic E-state index is 12.3. The van der Waals surface area contributed by atoms with Crippen molar-refractivity contribution in [3.05, 3.63) is 11.3 Å². The highest BCUT2D eigenvalue weighted by molar-refractivity contribution is 8.01. The van der Waals surface area contributed by atoms with Crippen LogP contribution in [0.1, 0.15) is 11.7 Å². The van der Waals surface area contributed by atoms with Crippen LogP contribution in [0.25, 0.3) is 0 Å². The van der Waals surface area contributed by atoms with Crippen molar-refractivity contribution in [3.8, 4) is 0 Å². The van der Waals surface area contributed by atoms with Crippen molar-refractivity contribution in [1.82, 2.24) is 25.1 Å². The Bertz CT molecular complexity index is 795. The van der Waals surface area contributed by atoms with Gasteiger partial charge in [-0.25, -0.2) is 4.79 Å². The van der Waals surface area contributed by atoms with E-state index in [1.54, 1.807) is 0 Å². The molecule has 0 aromatic carbocycles. The van der Waals surface area contributed by atoms with Crippen molar-refractivity contribution in [1.29, 1.82) is 0 Å². The largest absolute Gasteiger partial charge is 0.477 e. The summed E-state index contributed by atoms with van der Waals surface area (Å²) >= 11 is 2.44. The van der Waals surface area contributed by atoms with Crippen LogP contribution in [-0.4, -0.2) is 77.7 Å². The summed E-state index contributed by atoms with van der Waals surface area (Å²) in [6.45, 7) is 1.31. The molecule has 3 rings (SSSR count). The van der Waals surface area contributed by atoms with Gasteiger partial charge in [0, 0.05) is 25.5 Å². The van der Waals surface area contributed by atoms with Crippen molar-refractivity contribution >= 4 is 41.3 Å². The number of methoxy groups -OCH3 is 1. The van der Waals surface area contributed by atoms with E-state index >= 15 is 0 Å². The Morgan fingerprint density at radius 1 is 1.56 bits per heavy atom. The van der Waals surface area contributed by atoms with Gasteiger partial charge in [-0.05, 0) is 16.0 Å². The van der Waals surface area contributed by atoms with Crippen molar-refractivity contribution in [3.63, 3.8) is 0 Å². The number of carbonyl (C=O) groups is 3. The highest BCUT2D eigenvalue weighted by Crippen LogP contribution is 2.45. The summed E-state index contributed by atoms with van der Waals surface area (Å²) < 4.78 is 6.08. The van der Waals surface area contributed by atoms with E-state index in [0.29, 0.717) is 11.3 Å². The Hall–Kier alpha value is -1.96. The predicted molar refractivity (Wildman–Crippen MR) is 86.5 cm³/mol. The Morgan fingerprint density at radius 3 is 2.88 bits per heavy atom. The minimum absolute atomic E-state index is 0.110. The molecule has 2 aliphatic heterocycles. The van der Waals surface area contributed by atoms with Gasteiger partial charge in [0.05, 0.1) is 0 Å². The number of carboxylic acids is 1. The summed E-state index contributed by atoms with van der Waals surface area (Å²) in [6.07, 6.45) is 0. The molecular weight excluding hydrogens is 372 g/mol. The normalized spacial score (nSPS) is 25.6. The molecule has 25 heavy (non-hydrogen) atoms. The number of aromatic nitrogens is 4. The second kappa shape index (κ2) is 6.40. The zero-order valence-corrected chi connectivity index (χ0v) is 14.8. The van der Waals surface area contributed by atoms with Gasteiger partial charge in [0.2, 0.25) is 16.8 Å². The molecule has 2 atom stereocenters. The lowest BCUT2D eigenvalue weighted by Gasteiger charge is -2.54. The van der Waals surface area contributed by atoms with Crippen LogP contribution in [0.4, 0.5) is 0 Å². The van der Waals surface area contributed by atoms with Crippen LogP contribution in [0.15, 0.2) is 16.4 Å². The van der Waals surface area contributed by atoms with Crippen molar-refractivity contribution in [2.24, 2.45) is 5.73 Å². The monoisotopic (exact) mass is 386 g/mol. The van der Waals surface area contributed by atoms with Gasteiger partial charge in [-0.1, -0.05) is 11.8 Å². The molecule has 1 aromatic heterocycles. The van der Waals surface area contributed by atoms with Gasteiger partial charge < -0.3 is 9.84 Å². The first-order valence-electron chi connectivity index (χ1n) is 6.98. The molecule has 1 fully saturated rings. The van der Waals surface area contributed by atoms with E-state index in [9.17, 15) is 19.5 Å². The number of tetrazole rings is 1. The third-order valence-corrected chi connectivity index (χ3v) is 6.20. The van der Waals surface area contributed by atoms with Gasteiger partial charge in [0.15, 0.2) is 0 Å². The number of thioether (sulfide) groups is 2. The molecule has 13 heteroatoms. The number of hydrogen-bond donors (Lipinski definition) is 2. The fraction of sp³-hybridized carbons (Fsp3) is 0.500. The Balaban J connectivity index is 1.85. The molecule has 0 bridgehead atoms. The third kappa shape index (κ3) is 2.72. The van der Waals surface area contributed by atoms with Gasteiger partial charge in [-0.15, -0.1) is 16.9 Å². The smallest absolute Gasteiger partial charge is 0.352 e. The fourth-order valence-corrected chi connectivity index (χ4v) is 4.98. The minimum atomic E-state index is -1.51.